The molecule has 39 heavy (non-hydrogen) atoms. The van der Waals surface area contributed by atoms with Gasteiger partial charge in [0, 0.05) is 36.0 Å². The molecule has 9 nitrogen and oxygen atoms in total. The van der Waals surface area contributed by atoms with Crippen LogP contribution >= 0.6 is 0 Å². The van der Waals surface area contributed by atoms with Gasteiger partial charge in [0.25, 0.3) is 10.0 Å². The van der Waals surface area contributed by atoms with Crippen molar-refractivity contribution in [3.05, 3.63) is 66.4 Å². The van der Waals surface area contributed by atoms with Gasteiger partial charge in [-0.2, -0.15) is 0 Å². The van der Waals surface area contributed by atoms with E-state index in [1.54, 1.807) is 32.0 Å². The van der Waals surface area contributed by atoms with Crippen LogP contribution in [0.5, 0.6) is 0 Å². The van der Waals surface area contributed by atoms with Crippen molar-refractivity contribution in [3.8, 4) is 0 Å². The Labute approximate surface area is 230 Å². The van der Waals surface area contributed by atoms with E-state index in [4.69, 9.17) is 5.73 Å². The second-order valence-electron chi connectivity index (χ2n) is 10.7. The number of aromatic amines is 1. The van der Waals surface area contributed by atoms with E-state index in [9.17, 15) is 18.0 Å². The summed E-state index contributed by atoms with van der Waals surface area (Å²) in [6.45, 7) is 4.45. The van der Waals surface area contributed by atoms with Crippen LogP contribution in [0.4, 0.5) is 0 Å². The first kappa shape index (κ1) is 28.8. The van der Waals surface area contributed by atoms with Gasteiger partial charge in [-0.05, 0) is 61.4 Å². The number of fused-ring (bicyclic) bond motifs is 1. The Morgan fingerprint density at radius 2 is 1.74 bits per heavy atom. The number of carbonyl (C=O) groups excluding carboxylic acids is 2. The van der Waals surface area contributed by atoms with Crippen molar-refractivity contribution in [1.82, 2.24) is 20.1 Å². The number of amides is 2. The maximum Gasteiger partial charge on any atom is 0.257 e. The van der Waals surface area contributed by atoms with Gasteiger partial charge >= 0.3 is 0 Å². The molecule has 3 aromatic rings. The standard InChI is InChI=1S/C29H39N5O4S/c1-20(2)29(36)34(33-39(37,38)24-11-4-3-5-12-24)27(16-23-19-31-26-14-7-6-13-25(23)26)28(35)32-18-22-10-8-9-21(15-22)17-30/h3-7,11-14,19-22,27,31,33H,8-10,15-18,30H2,1-2H3,(H,32,35). The van der Waals surface area contributed by atoms with Crippen molar-refractivity contribution in [3.63, 3.8) is 0 Å². The van der Waals surface area contributed by atoms with Gasteiger partial charge in [-0.1, -0.05) is 56.7 Å². The molecule has 2 amide bonds. The first-order valence-electron chi connectivity index (χ1n) is 13.6. The number of hydrogen-bond donors (Lipinski definition) is 4. The monoisotopic (exact) mass is 553 g/mol. The molecule has 0 radical (unpaired) electrons. The minimum atomic E-state index is -4.13. The number of hydrogen-bond acceptors (Lipinski definition) is 5. The number of nitrogens with two attached hydrogens (primary N) is 1. The topological polar surface area (TPSA) is 137 Å². The molecule has 3 atom stereocenters. The van der Waals surface area contributed by atoms with E-state index in [0.717, 1.165) is 47.2 Å². The third-order valence-electron chi connectivity index (χ3n) is 7.50. The van der Waals surface area contributed by atoms with Gasteiger partial charge in [0.1, 0.15) is 6.04 Å². The summed E-state index contributed by atoms with van der Waals surface area (Å²) >= 11 is 0. The second kappa shape index (κ2) is 12.8. The van der Waals surface area contributed by atoms with Gasteiger partial charge in [0.2, 0.25) is 11.8 Å². The number of carbonyl (C=O) groups is 2. The molecule has 2 aromatic carbocycles. The van der Waals surface area contributed by atoms with E-state index >= 15 is 0 Å². The smallest absolute Gasteiger partial charge is 0.257 e. The maximum atomic E-state index is 13.8. The largest absolute Gasteiger partial charge is 0.361 e. The lowest BCUT2D eigenvalue weighted by Crippen LogP contribution is -2.59. The lowest BCUT2D eigenvalue weighted by molar-refractivity contribution is -0.144. The van der Waals surface area contributed by atoms with Crippen molar-refractivity contribution in [2.45, 2.75) is 56.9 Å². The van der Waals surface area contributed by atoms with Crippen LogP contribution in [0, 0.1) is 17.8 Å². The van der Waals surface area contributed by atoms with E-state index in [1.807, 2.05) is 30.5 Å². The summed E-state index contributed by atoms with van der Waals surface area (Å²) in [5.74, 6) is -0.708. The number of nitrogens with zero attached hydrogens (tertiary/aromatic N) is 1. The highest BCUT2D eigenvalue weighted by Crippen LogP contribution is 2.28. The van der Waals surface area contributed by atoms with Crippen LogP contribution in [0.3, 0.4) is 0 Å². The Bertz CT molecular complexity index is 1370. The van der Waals surface area contributed by atoms with Gasteiger partial charge in [-0.15, -0.1) is 4.83 Å². The van der Waals surface area contributed by atoms with Crippen molar-refractivity contribution >= 4 is 32.7 Å². The normalized spacial score (nSPS) is 18.7. The number of sulfonamides is 1. The predicted molar refractivity (Wildman–Crippen MR) is 152 cm³/mol. The number of benzene rings is 2. The molecule has 1 aromatic heterocycles. The second-order valence-corrected chi connectivity index (χ2v) is 12.4. The van der Waals surface area contributed by atoms with Crippen LogP contribution in [0.25, 0.3) is 10.9 Å². The van der Waals surface area contributed by atoms with Crippen LogP contribution in [-0.4, -0.2) is 49.4 Å². The first-order valence-corrected chi connectivity index (χ1v) is 15.1. The first-order chi connectivity index (χ1) is 18.7. The Hall–Kier alpha value is -3.21. The Kier molecular flexibility index (Phi) is 9.42. The van der Waals surface area contributed by atoms with E-state index in [-0.39, 0.29) is 11.3 Å². The average Bonchev–Trinajstić information content (AvgIpc) is 3.36. The third kappa shape index (κ3) is 7.06. The Morgan fingerprint density at radius 1 is 1.05 bits per heavy atom. The summed E-state index contributed by atoms with van der Waals surface area (Å²) in [5, 5.41) is 4.96. The molecule has 1 aliphatic carbocycles. The number of hydrazine groups is 1. The molecule has 3 unspecified atom stereocenters. The highest BCUT2D eigenvalue weighted by Gasteiger charge is 2.36. The van der Waals surface area contributed by atoms with Gasteiger partial charge < -0.3 is 16.0 Å². The quantitative estimate of drug-likeness (QED) is 0.270. The lowest BCUT2D eigenvalue weighted by atomic mass is 9.81. The molecule has 0 bridgehead atoms. The van der Waals surface area contributed by atoms with Crippen LogP contribution in [0.15, 0.2) is 65.7 Å². The van der Waals surface area contributed by atoms with Crippen LogP contribution < -0.4 is 15.9 Å². The van der Waals surface area contributed by atoms with Crippen molar-refractivity contribution in [1.29, 1.82) is 0 Å². The number of para-hydroxylation sites is 1. The Morgan fingerprint density at radius 3 is 2.46 bits per heavy atom. The third-order valence-corrected chi connectivity index (χ3v) is 8.83. The summed E-state index contributed by atoms with van der Waals surface area (Å²) in [7, 11) is -4.13. The lowest BCUT2D eigenvalue weighted by Gasteiger charge is -2.33. The average molecular weight is 554 g/mol. The zero-order valence-electron chi connectivity index (χ0n) is 22.6. The molecule has 1 heterocycles. The molecule has 1 saturated carbocycles. The van der Waals surface area contributed by atoms with E-state index < -0.39 is 33.8 Å². The number of rotatable bonds is 11. The zero-order chi connectivity index (χ0) is 28.0. The number of H-pyrrole nitrogens is 1. The molecule has 1 fully saturated rings. The minimum absolute atomic E-state index is 0.00726. The highest BCUT2D eigenvalue weighted by atomic mass is 32.2. The molecular weight excluding hydrogens is 514 g/mol. The van der Waals surface area contributed by atoms with Gasteiger partial charge in [-0.3, -0.25) is 14.6 Å². The van der Waals surface area contributed by atoms with Crippen LogP contribution in [0.2, 0.25) is 0 Å². The summed E-state index contributed by atoms with van der Waals surface area (Å²) < 4.78 is 26.7. The van der Waals surface area contributed by atoms with E-state index in [0.29, 0.717) is 24.9 Å². The summed E-state index contributed by atoms with van der Waals surface area (Å²) in [5.41, 5.74) is 7.61. The molecule has 5 N–H and O–H groups in total. The fourth-order valence-corrected chi connectivity index (χ4v) is 6.39. The molecule has 4 rings (SSSR count). The summed E-state index contributed by atoms with van der Waals surface area (Å²) in [6.07, 6.45) is 6.04. The maximum absolute atomic E-state index is 13.8. The van der Waals surface area contributed by atoms with Gasteiger partial charge in [-0.25, -0.2) is 8.42 Å². The SMILES string of the molecule is CC(C)C(=O)N(NS(=O)(=O)c1ccccc1)C(Cc1c[nH]c2ccccc12)C(=O)NCC1CCCC(CN)C1. The van der Waals surface area contributed by atoms with Crippen molar-refractivity contribution in [2.24, 2.45) is 23.5 Å². The molecule has 0 aliphatic heterocycles. The Balaban J connectivity index is 1.65. The fourth-order valence-electron chi connectivity index (χ4n) is 5.30. The molecular formula is C29H39N5O4S. The predicted octanol–water partition coefficient (Wildman–Crippen LogP) is 3.34. The van der Waals surface area contributed by atoms with E-state index in [1.165, 1.54) is 12.1 Å². The van der Waals surface area contributed by atoms with Crippen LogP contribution in [0.1, 0.15) is 45.1 Å². The number of aromatic nitrogens is 1. The molecule has 210 valence electrons. The molecule has 0 saturated heterocycles. The van der Waals surface area contributed by atoms with Gasteiger partial charge in [0.15, 0.2) is 0 Å². The van der Waals surface area contributed by atoms with Gasteiger partial charge in [0.05, 0.1) is 4.90 Å². The highest BCUT2D eigenvalue weighted by molar-refractivity contribution is 7.89. The van der Waals surface area contributed by atoms with E-state index in [2.05, 4.69) is 15.1 Å². The van der Waals surface area contributed by atoms with Crippen molar-refractivity contribution < 1.29 is 18.0 Å². The molecule has 1 aliphatic rings. The summed E-state index contributed by atoms with van der Waals surface area (Å²) in [4.78, 5) is 33.0. The fraction of sp³-hybridized carbons (Fsp3) is 0.448. The zero-order valence-corrected chi connectivity index (χ0v) is 23.4. The molecule has 0 spiro atoms. The summed E-state index contributed by atoms with van der Waals surface area (Å²) in [6, 6.07) is 14.4. The molecule has 10 heteroatoms. The minimum Gasteiger partial charge on any atom is -0.361 e. The van der Waals surface area contributed by atoms with Crippen LogP contribution in [-0.2, 0) is 26.0 Å². The van der Waals surface area contributed by atoms with Crippen molar-refractivity contribution in [2.75, 3.05) is 13.1 Å². The number of nitrogens with one attached hydrogen (secondary N) is 3.